The lowest BCUT2D eigenvalue weighted by molar-refractivity contribution is 0.660. The Kier molecular flexibility index (Phi) is 8.18. The summed E-state index contributed by atoms with van der Waals surface area (Å²) >= 11 is 0. The summed E-state index contributed by atoms with van der Waals surface area (Å²) in [6.07, 6.45) is 0. The zero-order chi connectivity index (χ0) is 42.6. The lowest BCUT2D eigenvalue weighted by atomic mass is 9.81. The van der Waals surface area contributed by atoms with Gasteiger partial charge in [-0.05, 0) is 153 Å². The van der Waals surface area contributed by atoms with Crippen LogP contribution in [0.1, 0.15) is 55.5 Å². The molecule has 0 saturated carbocycles. The number of para-hydroxylation sites is 1. The summed E-state index contributed by atoms with van der Waals surface area (Å²) in [5.41, 5.74) is 23.8. The van der Waals surface area contributed by atoms with Crippen molar-refractivity contribution in [2.24, 2.45) is 0 Å². The molecule has 0 saturated heterocycles. The second-order valence-corrected chi connectivity index (χ2v) is 18.7. The number of aromatic nitrogens is 1. The SMILES string of the molecule is Cc1ccc2c(c1)c1cc(N(c3ccc(-c4ccc5c(c4)C(C)(C)c4ccccc4-5)cc3)c3cccc(-c4ccc5c(c4)C(C)(C)c4ccccc4-5)c3)ccc1n2-c1ccccc1. The van der Waals surface area contributed by atoms with Gasteiger partial charge in [-0.3, -0.25) is 0 Å². The van der Waals surface area contributed by atoms with Gasteiger partial charge in [-0.1, -0.05) is 155 Å². The molecule has 0 atom stereocenters. The van der Waals surface area contributed by atoms with E-state index in [9.17, 15) is 0 Å². The molecule has 2 aliphatic carbocycles. The van der Waals surface area contributed by atoms with E-state index in [0.717, 1.165) is 22.7 Å². The Morgan fingerprint density at radius 2 is 0.841 bits per heavy atom. The van der Waals surface area contributed by atoms with Crippen LogP contribution in [0.3, 0.4) is 0 Å². The van der Waals surface area contributed by atoms with Crippen LogP contribution in [0.4, 0.5) is 17.1 Å². The fourth-order valence-corrected chi connectivity index (χ4v) is 11.0. The number of fused-ring (bicyclic) bond motifs is 9. The topological polar surface area (TPSA) is 8.17 Å². The van der Waals surface area contributed by atoms with Gasteiger partial charge in [-0.25, -0.2) is 0 Å². The Bertz CT molecular complexity index is 3450. The van der Waals surface area contributed by atoms with Crippen molar-refractivity contribution in [2.75, 3.05) is 4.90 Å². The molecule has 0 spiro atoms. The molecule has 2 nitrogen and oxygen atoms in total. The first-order valence-corrected chi connectivity index (χ1v) is 22.3. The Morgan fingerprint density at radius 3 is 1.49 bits per heavy atom. The number of anilines is 3. The third-order valence-electron chi connectivity index (χ3n) is 14.2. The van der Waals surface area contributed by atoms with Gasteiger partial charge >= 0.3 is 0 Å². The molecular formula is C61H48N2. The molecule has 0 radical (unpaired) electrons. The fourth-order valence-electron chi connectivity index (χ4n) is 11.0. The van der Waals surface area contributed by atoms with Crippen molar-refractivity contribution in [1.29, 1.82) is 0 Å². The average Bonchev–Trinajstić information content (AvgIpc) is 3.85. The predicted octanol–water partition coefficient (Wildman–Crippen LogP) is 16.5. The van der Waals surface area contributed by atoms with Crippen LogP contribution >= 0.6 is 0 Å². The van der Waals surface area contributed by atoms with Crippen LogP contribution in [0.5, 0.6) is 0 Å². The van der Waals surface area contributed by atoms with Gasteiger partial charge in [0.1, 0.15) is 0 Å². The van der Waals surface area contributed by atoms with E-state index in [-0.39, 0.29) is 10.8 Å². The number of nitrogens with zero attached hydrogens (tertiary/aromatic N) is 2. The smallest absolute Gasteiger partial charge is 0.0542 e. The molecule has 1 aromatic heterocycles. The van der Waals surface area contributed by atoms with E-state index >= 15 is 0 Å². The lowest BCUT2D eigenvalue weighted by Gasteiger charge is -2.27. The summed E-state index contributed by atoms with van der Waals surface area (Å²) in [5.74, 6) is 0. The molecule has 12 rings (SSSR count). The van der Waals surface area contributed by atoms with Gasteiger partial charge in [0.15, 0.2) is 0 Å². The Balaban J connectivity index is 0.999. The number of hydrogen-bond acceptors (Lipinski definition) is 1. The first-order chi connectivity index (χ1) is 30.6. The van der Waals surface area contributed by atoms with Gasteiger partial charge < -0.3 is 9.47 Å². The van der Waals surface area contributed by atoms with Crippen molar-refractivity contribution in [3.63, 3.8) is 0 Å². The van der Waals surface area contributed by atoms with Gasteiger partial charge in [0, 0.05) is 44.4 Å². The summed E-state index contributed by atoms with van der Waals surface area (Å²) in [4.78, 5) is 2.43. The molecule has 2 aliphatic rings. The molecule has 302 valence electrons. The molecular weight excluding hydrogens is 761 g/mol. The minimum Gasteiger partial charge on any atom is -0.310 e. The molecule has 10 aromatic rings. The van der Waals surface area contributed by atoms with Gasteiger partial charge in [0.05, 0.1) is 11.0 Å². The van der Waals surface area contributed by atoms with E-state index in [1.165, 1.54) is 94.1 Å². The van der Waals surface area contributed by atoms with E-state index in [1.807, 2.05) is 0 Å². The molecule has 63 heavy (non-hydrogen) atoms. The zero-order valence-corrected chi connectivity index (χ0v) is 36.4. The van der Waals surface area contributed by atoms with Crippen LogP contribution in [0.2, 0.25) is 0 Å². The first-order valence-electron chi connectivity index (χ1n) is 22.3. The molecule has 0 unspecified atom stereocenters. The molecule has 0 fully saturated rings. The normalized spacial score (nSPS) is 14.0. The van der Waals surface area contributed by atoms with E-state index in [4.69, 9.17) is 0 Å². The largest absolute Gasteiger partial charge is 0.310 e. The molecule has 0 amide bonds. The van der Waals surface area contributed by atoms with Crippen molar-refractivity contribution in [1.82, 2.24) is 4.57 Å². The number of hydrogen-bond donors (Lipinski definition) is 0. The highest BCUT2D eigenvalue weighted by Crippen LogP contribution is 2.51. The van der Waals surface area contributed by atoms with Crippen LogP contribution in [-0.2, 0) is 10.8 Å². The Morgan fingerprint density at radius 1 is 0.349 bits per heavy atom. The van der Waals surface area contributed by atoms with Gasteiger partial charge in [0.2, 0.25) is 0 Å². The van der Waals surface area contributed by atoms with Gasteiger partial charge in [-0.15, -0.1) is 0 Å². The highest BCUT2D eigenvalue weighted by molar-refractivity contribution is 6.11. The molecule has 2 heteroatoms. The lowest BCUT2D eigenvalue weighted by Crippen LogP contribution is -2.15. The highest BCUT2D eigenvalue weighted by atomic mass is 15.1. The average molecular weight is 809 g/mol. The highest BCUT2D eigenvalue weighted by Gasteiger charge is 2.36. The van der Waals surface area contributed by atoms with Crippen molar-refractivity contribution < 1.29 is 0 Å². The van der Waals surface area contributed by atoms with Crippen molar-refractivity contribution in [2.45, 2.75) is 45.4 Å². The minimum absolute atomic E-state index is 0.0525. The molecule has 0 N–H and O–H groups in total. The monoisotopic (exact) mass is 808 g/mol. The number of benzene rings is 9. The number of rotatable bonds is 6. The third kappa shape index (κ3) is 5.71. The summed E-state index contributed by atoms with van der Waals surface area (Å²) in [7, 11) is 0. The maximum absolute atomic E-state index is 2.43. The first kappa shape index (κ1) is 37.4. The van der Waals surface area contributed by atoms with Crippen LogP contribution in [-0.4, -0.2) is 4.57 Å². The summed E-state index contributed by atoms with van der Waals surface area (Å²) in [5, 5.41) is 2.48. The van der Waals surface area contributed by atoms with E-state index in [0.29, 0.717) is 0 Å². The van der Waals surface area contributed by atoms with Crippen molar-refractivity contribution in [3.8, 4) is 50.2 Å². The molecule has 0 bridgehead atoms. The zero-order valence-electron chi connectivity index (χ0n) is 36.4. The summed E-state index contributed by atoms with van der Waals surface area (Å²) in [6, 6.07) is 74.7. The summed E-state index contributed by atoms with van der Waals surface area (Å²) in [6.45, 7) is 11.6. The van der Waals surface area contributed by atoms with Crippen LogP contribution in [0.25, 0.3) is 72.0 Å². The third-order valence-corrected chi connectivity index (χ3v) is 14.2. The standard InChI is InChI=1S/C61H48N2/c1-39-22-32-58-52(34-39)53-38-47(29-33-59(53)63(58)44-15-7-6-8-16-44)62(45-27-23-40(24-28-45)42-25-30-50-48-18-9-11-20-54(48)60(2,3)56(50)36-42)46-17-13-14-41(35-46)43-26-31-51-49-19-10-12-21-55(49)61(4,5)57(51)37-43/h6-38H,1-5H3. The fraction of sp³-hybridized carbons (Fsp3) is 0.115. The van der Waals surface area contributed by atoms with Crippen molar-refractivity contribution in [3.05, 3.63) is 228 Å². The molecule has 0 aliphatic heterocycles. The van der Waals surface area contributed by atoms with E-state index in [2.05, 4.69) is 244 Å². The predicted molar refractivity (Wildman–Crippen MR) is 266 cm³/mol. The van der Waals surface area contributed by atoms with E-state index in [1.54, 1.807) is 0 Å². The Hall–Kier alpha value is -7.42. The van der Waals surface area contributed by atoms with Crippen LogP contribution < -0.4 is 4.90 Å². The second-order valence-electron chi connectivity index (χ2n) is 18.7. The van der Waals surface area contributed by atoms with Gasteiger partial charge in [0.25, 0.3) is 0 Å². The quantitative estimate of drug-likeness (QED) is 0.162. The molecule has 9 aromatic carbocycles. The van der Waals surface area contributed by atoms with Gasteiger partial charge in [-0.2, -0.15) is 0 Å². The van der Waals surface area contributed by atoms with Crippen LogP contribution in [0.15, 0.2) is 200 Å². The number of aryl methyl sites for hydroxylation is 1. The molecule has 1 heterocycles. The van der Waals surface area contributed by atoms with E-state index < -0.39 is 0 Å². The van der Waals surface area contributed by atoms with Crippen LogP contribution in [0, 0.1) is 6.92 Å². The van der Waals surface area contributed by atoms with Crippen molar-refractivity contribution >= 4 is 38.9 Å². The second kappa shape index (κ2) is 13.8. The Labute approximate surface area is 370 Å². The minimum atomic E-state index is -0.0708. The maximum Gasteiger partial charge on any atom is 0.0542 e. The maximum atomic E-state index is 2.43. The summed E-state index contributed by atoms with van der Waals surface area (Å²) < 4.78 is 2.40.